The van der Waals surface area contributed by atoms with Crippen molar-refractivity contribution in [2.75, 3.05) is 48.4 Å². The van der Waals surface area contributed by atoms with E-state index in [1.165, 1.54) is 11.8 Å². The van der Waals surface area contributed by atoms with Gasteiger partial charge in [0, 0.05) is 31.9 Å². The number of rotatable bonds is 8. The molecule has 0 N–H and O–H groups in total. The molecule has 2 aromatic rings. The first-order valence-corrected chi connectivity index (χ1v) is 11.2. The van der Waals surface area contributed by atoms with Crippen LogP contribution in [0.5, 0.6) is 0 Å². The first-order chi connectivity index (χ1) is 14.0. The van der Waals surface area contributed by atoms with Crippen molar-refractivity contribution in [1.82, 2.24) is 14.8 Å². The Hall–Kier alpha value is -2.06. The maximum atomic E-state index is 13.0. The molecule has 0 atom stereocenters. The van der Waals surface area contributed by atoms with Crippen molar-refractivity contribution < 1.29 is 9.53 Å². The van der Waals surface area contributed by atoms with E-state index in [4.69, 9.17) is 4.74 Å². The molecule has 1 aliphatic rings. The van der Waals surface area contributed by atoms with Gasteiger partial charge in [-0.1, -0.05) is 43.8 Å². The van der Waals surface area contributed by atoms with E-state index in [2.05, 4.69) is 33.5 Å². The third kappa shape index (κ3) is 5.30. The smallest absolute Gasteiger partial charge is 0.237 e. The molecular formula is C21H31N5O2S. The molecule has 0 radical (unpaired) electrons. The van der Waals surface area contributed by atoms with Gasteiger partial charge in [-0.15, -0.1) is 10.2 Å². The number of para-hydroxylation sites is 1. The summed E-state index contributed by atoms with van der Waals surface area (Å²) in [5, 5.41) is 9.66. The van der Waals surface area contributed by atoms with Gasteiger partial charge >= 0.3 is 0 Å². The Balaban J connectivity index is 1.74. The predicted octanol–water partition coefficient (Wildman–Crippen LogP) is 3.22. The maximum absolute atomic E-state index is 13.0. The minimum atomic E-state index is 0.0822. The third-order valence-electron chi connectivity index (χ3n) is 4.89. The summed E-state index contributed by atoms with van der Waals surface area (Å²) in [5.41, 5.74) is 2.07. The van der Waals surface area contributed by atoms with Crippen molar-refractivity contribution in [2.45, 2.75) is 39.4 Å². The Morgan fingerprint density at radius 3 is 2.62 bits per heavy atom. The molecule has 1 aromatic carbocycles. The number of ether oxygens (including phenoxy) is 1. The Morgan fingerprint density at radius 1 is 1.24 bits per heavy atom. The number of nitrogens with zero attached hydrogens (tertiary/aromatic N) is 5. The Bertz CT molecular complexity index is 817. The van der Waals surface area contributed by atoms with Crippen LogP contribution in [0.2, 0.25) is 0 Å². The fourth-order valence-corrected chi connectivity index (χ4v) is 4.28. The van der Waals surface area contributed by atoms with Crippen LogP contribution in [0.1, 0.15) is 26.3 Å². The summed E-state index contributed by atoms with van der Waals surface area (Å²) in [4.78, 5) is 17.0. The second-order valence-electron chi connectivity index (χ2n) is 7.60. The van der Waals surface area contributed by atoms with E-state index >= 15 is 0 Å². The number of carbonyl (C=O) groups excluding carboxylic acids is 1. The first-order valence-electron chi connectivity index (χ1n) is 10.3. The molecule has 0 unspecified atom stereocenters. The molecule has 7 nitrogen and oxygen atoms in total. The monoisotopic (exact) mass is 417 g/mol. The van der Waals surface area contributed by atoms with Crippen molar-refractivity contribution in [3.8, 4) is 0 Å². The number of anilines is 2. The van der Waals surface area contributed by atoms with Crippen LogP contribution in [0.25, 0.3) is 0 Å². The summed E-state index contributed by atoms with van der Waals surface area (Å²) in [7, 11) is 0. The highest BCUT2D eigenvalue weighted by Crippen LogP contribution is 2.26. The molecule has 1 saturated heterocycles. The fourth-order valence-electron chi connectivity index (χ4n) is 3.46. The zero-order valence-corrected chi connectivity index (χ0v) is 18.6. The molecule has 158 valence electrons. The Morgan fingerprint density at radius 2 is 1.97 bits per heavy atom. The van der Waals surface area contributed by atoms with E-state index < -0.39 is 0 Å². The molecule has 1 aliphatic heterocycles. The third-order valence-corrected chi connectivity index (χ3v) is 5.84. The average molecular weight is 418 g/mol. The quantitative estimate of drug-likeness (QED) is 0.615. The first kappa shape index (κ1) is 21.6. The molecule has 0 aliphatic carbocycles. The summed E-state index contributed by atoms with van der Waals surface area (Å²) in [6.45, 7) is 12.9. The van der Waals surface area contributed by atoms with Gasteiger partial charge in [0.15, 0.2) is 5.16 Å². The molecule has 0 bridgehead atoms. The van der Waals surface area contributed by atoms with Crippen LogP contribution < -0.4 is 9.80 Å². The summed E-state index contributed by atoms with van der Waals surface area (Å²) in [5.74, 6) is 1.75. The maximum Gasteiger partial charge on any atom is 0.237 e. The van der Waals surface area contributed by atoms with E-state index in [1.807, 2.05) is 43.0 Å². The lowest BCUT2D eigenvalue weighted by Gasteiger charge is -2.28. The number of aromatic nitrogens is 3. The highest BCUT2D eigenvalue weighted by Gasteiger charge is 2.23. The number of hydrogen-bond donors (Lipinski definition) is 0. The van der Waals surface area contributed by atoms with Crippen LogP contribution in [0.15, 0.2) is 29.4 Å². The van der Waals surface area contributed by atoms with E-state index in [9.17, 15) is 4.79 Å². The van der Waals surface area contributed by atoms with Crippen LogP contribution in [0.3, 0.4) is 0 Å². The number of hydrogen-bond acceptors (Lipinski definition) is 6. The van der Waals surface area contributed by atoms with Gasteiger partial charge in [0.1, 0.15) is 0 Å². The van der Waals surface area contributed by atoms with Gasteiger partial charge in [0.05, 0.1) is 19.0 Å². The summed E-state index contributed by atoms with van der Waals surface area (Å²) >= 11 is 1.47. The second-order valence-corrected chi connectivity index (χ2v) is 8.54. The largest absolute Gasteiger partial charge is 0.378 e. The minimum Gasteiger partial charge on any atom is -0.378 e. The lowest BCUT2D eigenvalue weighted by atomic mass is 10.2. The number of carbonyl (C=O) groups is 1. The second kappa shape index (κ2) is 10.1. The molecule has 2 heterocycles. The molecule has 0 saturated carbocycles. The van der Waals surface area contributed by atoms with E-state index in [-0.39, 0.29) is 5.91 Å². The topological polar surface area (TPSA) is 63.5 Å². The number of morpholine rings is 1. The van der Waals surface area contributed by atoms with E-state index in [0.717, 1.165) is 42.0 Å². The molecular weight excluding hydrogens is 386 g/mol. The van der Waals surface area contributed by atoms with Gasteiger partial charge in [-0.05, 0) is 31.4 Å². The zero-order chi connectivity index (χ0) is 20.8. The van der Waals surface area contributed by atoms with Gasteiger partial charge in [-0.3, -0.25) is 9.36 Å². The van der Waals surface area contributed by atoms with Crippen LogP contribution in [0.4, 0.5) is 11.6 Å². The van der Waals surface area contributed by atoms with E-state index in [1.54, 1.807) is 0 Å². The number of aryl methyl sites for hydroxylation is 1. The van der Waals surface area contributed by atoms with Gasteiger partial charge in [-0.2, -0.15) is 0 Å². The van der Waals surface area contributed by atoms with Crippen LogP contribution in [0, 0.1) is 12.8 Å². The van der Waals surface area contributed by atoms with Crippen LogP contribution in [-0.2, 0) is 16.1 Å². The van der Waals surface area contributed by atoms with Crippen LogP contribution in [-0.4, -0.2) is 59.3 Å². The number of benzene rings is 1. The lowest BCUT2D eigenvalue weighted by molar-refractivity contribution is -0.116. The summed E-state index contributed by atoms with van der Waals surface area (Å²) < 4.78 is 7.61. The molecule has 3 rings (SSSR count). The highest BCUT2D eigenvalue weighted by atomic mass is 32.2. The minimum absolute atomic E-state index is 0.0822. The number of amides is 1. The molecule has 29 heavy (non-hydrogen) atoms. The van der Waals surface area contributed by atoms with Gasteiger partial charge in [-0.25, -0.2) is 0 Å². The van der Waals surface area contributed by atoms with Crippen molar-refractivity contribution in [1.29, 1.82) is 0 Å². The Labute approximate surface area is 177 Å². The number of thioether (sulfide) groups is 1. The molecule has 1 aromatic heterocycles. The molecule has 1 amide bonds. The van der Waals surface area contributed by atoms with Crippen molar-refractivity contribution in [3.63, 3.8) is 0 Å². The summed E-state index contributed by atoms with van der Waals surface area (Å²) in [6, 6.07) is 8.00. The normalized spacial score (nSPS) is 14.4. The molecule has 0 spiro atoms. The molecule has 1 fully saturated rings. The van der Waals surface area contributed by atoms with Crippen molar-refractivity contribution >= 4 is 29.3 Å². The SMILES string of the molecule is CCN(C(=O)CSc1nnc(N2CCOCC2)n1CC(C)C)c1ccccc1C. The highest BCUT2D eigenvalue weighted by molar-refractivity contribution is 7.99. The van der Waals surface area contributed by atoms with Crippen molar-refractivity contribution in [3.05, 3.63) is 29.8 Å². The lowest BCUT2D eigenvalue weighted by Crippen LogP contribution is -2.38. The average Bonchev–Trinajstić information content (AvgIpc) is 3.11. The standard InChI is InChI=1S/C21H31N5O2S/c1-5-25(18-9-7-6-8-17(18)4)19(27)15-29-21-23-22-20(26(21)14-16(2)3)24-10-12-28-13-11-24/h6-9,16H,5,10-15H2,1-4H3. The predicted molar refractivity (Wildman–Crippen MR) is 118 cm³/mol. The van der Waals surface area contributed by atoms with Gasteiger partial charge in [0.25, 0.3) is 0 Å². The fraction of sp³-hybridized carbons (Fsp3) is 0.571. The zero-order valence-electron chi connectivity index (χ0n) is 17.8. The van der Waals surface area contributed by atoms with Crippen LogP contribution >= 0.6 is 11.8 Å². The molecule has 8 heteroatoms. The van der Waals surface area contributed by atoms with Crippen molar-refractivity contribution in [2.24, 2.45) is 5.92 Å². The van der Waals surface area contributed by atoms with E-state index in [0.29, 0.717) is 31.4 Å². The van der Waals surface area contributed by atoms with Gasteiger partial charge < -0.3 is 14.5 Å². The summed E-state index contributed by atoms with van der Waals surface area (Å²) in [6.07, 6.45) is 0. The Kier molecular flexibility index (Phi) is 7.55. The van der Waals surface area contributed by atoms with Gasteiger partial charge in [0.2, 0.25) is 11.9 Å².